The van der Waals surface area contributed by atoms with Crippen molar-refractivity contribution in [1.29, 1.82) is 0 Å². The van der Waals surface area contributed by atoms with E-state index in [1.807, 2.05) is 0 Å². The first-order valence-corrected chi connectivity index (χ1v) is 8.28. The summed E-state index contributed by atoms with van der Waals surface area (Å²) in [4.78, 5) is 39.3. The van der Waals surface area contributed by atoms with Gasteiger partial charge in [0, 0.05) is 43.2 Å². The van der Waals surface area contributed by atoms with Gasteiger partial charge in [0.05, 0.1) is 13.5 Å². The van der Waals surface area contributed by atoms with E-state index in [-0.39, 0.29) is 24.7 Å². The molecule has 1 aromatic carbocycles. The predicted octanol–water partition coefficient (Wildman–Crippen LogP) is 1.97. The van der Waals surface area contributed by atoms with E-state index >= 15 is 0 Å². The zero-order valence-corrected chi connectivity index (χ0v) is 14.4. The molecular formula is C17H21ClN2O4. The van der Waals surface area contributed by atoms with Crippen molar-refractivity contribution in [2.45, 2.75) is 19.3 Å². The van der Waals surface area contributed by atoms with Crippen LogP contribution in [-0.2, 0) is 14.3 Å². The Morgan fingerprint density at radius 3 is 2.50 bits per heavy atom. The summed E-state index contributed by atoms with van der Waals surface area (Å²) in [6.45, 7) is 2.10. The lowest BCUT2D eigenvalue weighted by Gasteiger charge is -2.22. The van der Waals surface area contributed by atoms with E-state index in [9.17, 15) is 14.4 Å². The fraction of sp³-hybridized carbons (Fsp3) is 0.471. The topological polar surface area (TPSA) is 66.9 Å². The van der Waals surface area contributed by atoms with Crippen molar-refractivity contribution in [3.05, 3.63) is 34.9 Å². The van der Waals surface area contributed by atoms with Crippen molar-refractivity contribution >= 4 is 29.4 Å². The van der Waals surface area contributed by atoms with E-state index in [0.717, 1.165) is 0 Å². The number of rotatable bonds is 4. The minimum Gasteiger partial charge on any atom is -0.469 e. The Kier molecular flexibility index (Phi) is 6.61. The number of carbonyl (C=O) groups is 3. The maximum atomic E-state index is 12.5. The Balaban J connectivity index is 1.91. The van der Waals surface area contributed by atoms with Gasteiger partial charge in [-0.3, -0.25) is 14.4 Å². The Labute approximate surface area is 146 Å². The highest BCUT2D eigenvalue weighted by molar-refractivity contribution is 6.30. The van der Waals surface area contributed by atoms with Crippen molar-refractivity contribution in [2.24, 2.45) is 0 Å². The van der Waals surface area contributed by atoms with Gasteiger partial charge >= 0.3 is 5.97 Å². The van der Waals surface area contributed by atoms with Gasteiger partial charge in [0.1, 0.15) is 0 Å². The summed E-state index contributed by atoms with van der Waals surface area (Å²) >= 11 is 5.94. The Morgan fingerprint density at radius 2 is 1.79 bits per heavy atom. The van der Waals surface area contributed by atoms with Gasteiger partial charge in [0.2, 0.25) is 5.91 Å². The van der Waals surface area contributed by atoms with E-state index < -0.39 is 5.97 Å². The van der Waals surface area contributed by atoms with Crippen LogP contribution in [0.15, 0.2) is 24.3 Å². The smallest absolute Gasteiger partial charge is 0.306 e. The third-order valence-electron chi connectivity index (χ3n) is 3.98. The van der Waals surface area contributed by atoms with Crippen LogP contribution < -0.4 is 0 Å². The lowest BCUT2D eigenvalue weighted by atomic mass is 10.2. The van der Waals surface area contributed by atoms with Gasteiger partial charge in [-0.25, -0.2) is 0 Å². The van der Waals surface area contributed by atoms with Crippen LogP contribution in [0.4, 0.5) is 0 Å². The van der Waals surface area contributed by atoms with Crippen LogP contribution in [0.1, 0.15) is 29.6 Å². The minimum absolute atomic E-state index is 0.0803. The quantitative estimate of drug-likeness (QED) is 0.777. The van der Waals surface area contributed by atoms with Crippen LogP contribution in [0.5, 0.6) is 0 Å². The summed E-state index contributed by atoms with van der Waals surface area (Å²) in [5.41, 5.74) is 0.549. The van der Waals surface area contributed by atoms with E-state index in [1.165, 1.54) is 7.11 Å². The molecule has 6 nitrogen and oxygen atoms in total. The van der Waals surface area contributed by atoms with Crippen LogP contribution in [0.3, 0.4) is 0 Å². The van der Waals surface area contributed by atoms with Gasteiger partial charge in [-0.1, -0.05) is 17.7 Å². The van der Waals surface area contributed by atoms with E-state index in [2.05, 4.69) is 4.74 Å². The zero-order valence-electron chi connectivity index (χ0n) is 13.7. The number of ether oxygens (including phenoxy) is 1. The van der Waals surface area contributed by atoms with Gasteiger partial charge < -0.3 is 14.5 Å². The lowest BCUT2D eigenvalue weighted by Crippen LogP contribution is -2.37. The second kappa shape index (κ2) is 8.68. The monoisotopic (exact) mass is 352 g/mol. The second-order valence-corrected chi connectivity index (χ2v) is 6.05. The number of amides is 2. The Morgan fingerprint density at radius 1 is 1.08 bits per heavy atom. The van der Waals surface area contributed by atoms with E-state index in [1.54, 1.807) is 34.1 Å². The van der Waals surface area contributed by atoms with Crippen molar-refractivity contribution in [3.8, 4) is 0 Å². The fourth-order valence-electron chi connectivity index (χ4n) is 2.64. The van der Waals surface area contributed by atoms with Gasteiger partial charge in [0.15, 0.2) is 0 Å². The van der Waals surface area contributed by atoms with Gasteiger partial charge in [-0.05, 0) is 24.6 Å². The standard InChI is InChI=1S/C17H21ClN2O4/c1-24-16(22)7-6-15(21)19-8-3-9-20(11-10-19)17(23)13-4-2-5-14(18)12-13/h2,4-5,12H,3,6-11H2,1H3. The Bertz CT molecular complexity index is 620. The highest BCUT2D eigenvalue weighted by Crippen LogP contribution is 2.14. The third-order valence-corrected chi connectivity index (χ3v) is 4.21. The maximum Gasteiger partial charge on any atom is 0.306 e. The normalized spacial score (nSPS) is 14.9. The number of carbonyl (C=O) groups excluding carboxylic acids is 3. The molecule has 1 aromatic rings. The number of methoxy groups -OCH3 is 1. The molecule has 0 radical (unpaired) electrons. The number of halogens is 1. The molecule has 1 aliphatic rings. The molecule has 1 fully saturated rings. The molecular weight excluding hydrogens is 332 g/mol. The van der Waals surface area contributed by atoms with Crippen LogP contribution in [0.25, 0.3) is 0 Å². The average Bonchev–Trinajstić information content (AvgIpc) is 2.84. The molecule has 1 heterocycles. The zero-order chi connectivity index (χ0) is 17.5. The predicted molar refractivity (Wildman–Crippen MR) is 89.8 cm³/mol. The number of hydrogen-bond acceptors (Lipinski definition) is 4. The van der Waals surface area contributed by atoms with Gasteiger partial charge in [-0.2, -0.15) is 0 Å². The van der Waals surface area contributed by atoms with Crippen LogP contribution >= 0.6 is 11.6 Å². The second-order valence-electron chi connectivity index (χ2n) is 5.61. The van der Waals surface area contributed by atoms with Gasteiger partial charge in [0.25, 0.3) is 5.91 Å². The fourth-order valence-corrected chi connectivity index (χ4v) is 2.83. The molecule has 0 unspecified atom stereocenters. The number of esters is 1. The molecule has 2 amide bonds. The molecule has 0 bridgehead atoms. The summed E-state index contributed by atoms with van der Waals surface area (Å²) in [6, 6.07) is 6.85. The number of nitrogens with zero attached hydrogens (tertiary/aromatic N) is 2. The molecule has 130 valence electrons. The molecule has 24 heavy (non-hydrogen) atoms. The molecule has 0 aromatic heterocycles. The highest BCUT2D eigenvalue weighted by atomic mass is 35.5. The van der Waals surface area contributed by atoms with Crippen molar-refractivity contribution in [1.82, 2.24) is 9.80 Å². The molecule has 0 spiro atoms. The molecule has 1 aliphatic heterocycles. The summed E-state index contributed by atoms with van der Waals surface area (Å²) in [5, 5.41) is 0.523. The summed E-state index contributed by atoms with van der Waals surface area (Å²) in [5.74, 6) is -0.560. The average molecular weight is 353 g/mol. The highest BCUT2D eigenvalue weighted by Gasteiger charge is 2.23. The molecule has 0 atom stereocenters. The molecule has 7 heteroatoms. The largest absolute Gasteiger partial charge is 0.469 e. The summed E-state index contributed by atoms with van der Waals surface area (Å²) in [7, 11) is 1.30. The van der Waals surface area contributed by atoms with Gasteiger partial charge in [-0.15, -0.1) is 0 Å². The van der Waals surface area contributed by atoms with Crippen molar-refractivity contribution in [2.75, 3.05) is 33.3 Å². The van der Waals surface area contributed by atoms with Crippen LogP contribution in [0.2, 0.25) is 5.02 Å². The first kappa shape index (κ1) is 18.3. The summed E-state index contributed by atoms with van der Waals surface area (Å²) in [6.07, 6.45) is 0.919. The number of benzene rings is 1. The Hall–Kier alpha value is -2.08. The molecule has 0 saturated carbocycles. The van der Waals surface area contributed by atoms with E-state index in [4.69, 9.17) is 11.6 Å². The SMILES string of the molecule is COC(=O)CCC(=O)N1CCCN(C(=O)c2cccc(Cl)c2)CC1. The van der Waals surface area contributed by atoms with Crippen molar-refractivity contribution < 1.29 is 19.1 Å². The molecule has 0 aliphatic carbocycles. The summed E-state index contributed by atoms with van der Waals surface area (Å²) < 4.78 is 4.55. The first-order chi connectivity index (χ1) is 11.5. The van der Waals surface area contributed by atoms with Crippen molar-refractivity contribution in [3.63, 3.8) is 0 Å². The maximum absolute atomic E-state index is 12.5. The van der Waals surface area contributed by atoms with E-state index in [0.29, 0.717) is 43.2 Å². The molecule has 0 N–H and O–H groups in total. The molecule has 2 rings (SSSR count). The first-order valence-electron chi connectivity index (χ1n) is 7.90. The lowest BCUT2D eigenvalue weighted by molar-refractivity contribution is -0.143. The van der Waals surface area contributed by atoms with Crippen LogP contribution in [-0.4, -0.2) is 60.9 Å². The van der Waals surface area contributed by atoms with Crippen LogP contribution in [0, 0.1) is 0 Å². The molecule has 1 saturated heterocycles. The number of hydrogen-bond donors (Lipinski definition) is 0. The minimum atomic E-state index is -0.393. The third kappa shape index (κ3) is 4.96.